The second-order valence-electron chi connectivity index (χ2n) is 4.44. The van der Waals surface area contributed by atoms with Gasteiger partial charge in [0.1, 0.15) is 24.0 Å². The Morgan fingerprint density at radius 2 is 1.90 bits per heavy atom. The molecule has 1 unspecified atom stereocenters. The van der Waals surface area contributed by atoms with E-state index in [1.165, 1.54) is 12.1 Å². The van der Waals surface area contributed by atoms with E-state index in [1.54, 1.807) is 12.1 Å². The summed E-state index contributed by atoms with van der Waals surface area (Å²) in [5.74, 6) is -0.756. The molecule has 0 fully saturated rings. The van der Waals surface area contributed by atoms with Crippen molar-refractivity contribution in [2.45, 2.75) is 19.6 Å². The highest BCUT2D eigenvalue weighted by atomic mass is 79.9. The lowest BCUT2D eigenvalue weighted by Crippen LogP contribution is -2.09. The Hall–Kier alpha value is -1.46. The van der Waals surface area contributed by atoms with Crippen molar-refractivity contribution in [1.29, 1.82) is 0 Å². The molecule has 2 aromatic rings. The molecule has 5 heteroatoms. The second kappa shape index (κ2) is 6.33. The fourth-order valence-corrected chi connectivity index (χ4v) is 2.21. The van der Waals surface area contributed by atoms with Gasteiger partial charge in [-0.2, -0.15) is 0 Å². The highest BCUT2D eigenvalue weighted by Crippen LogP contribution is 2.26. The lowest BCUT2D eigenvalue weighted by molar-refractivity contribution is 0.288. The Morgan fingerprint density at radius 1 is 1.20 bits per heavy atom. The maximum Gasteiger partial charge on any atom is 0.146 e. The van der Waals surface area contributed by atoms with Crippen LogP contribution in [-0.4, -0.2) is 0 Å². The van der Waals surface area contributed by atoms with Gasteiger partial charge in [0.25, 0.3) is 0 Å². The van der Waals surface area contributed by atoms with Crippen LogP contribution in [0.2, 0.25) is 0 Å². The van der Waals surface area contributed by atoms with Crippen molar-refractivity contribution in [2.75, 3.05) is 0 Å². The Balaban J connectivity index is 2.24. The van der Waals surface area contributed by atoms with Crippen molar-refractivity contribution in [2.24, 2.45) is 5.73 Å². The summed E-state index contributed by atoms with van der Waals surface area (Å²) in [5, 5.41) is 0. The van der Waals surface area contributed by atoms with Crippen molar-refractivity contribution in [3.8, 4) is 5.75 Å². The first-order valence-corrected chi connectivity index (χ1v) is 6.89. The van der Waals surface area contributed by atoms with E-state index in [2.05, 4.69) is 15.9 Å². The first-order valence-electron chi connectivity index (χ1n) is 6.10. The molecule has 0 bridgehead atoms. The highest BCUT2D eigenvalue weighted by molar-refractivity contribution is 9.10. The highest BCUT2D eigenvalue weighted by Gasteiger charge is 2.14. The molecule has 0 heterocycles. The minimum Gasteiger partial charge on any atom is -0.488 e. The molecule has 20 heavy (non-hydrogen) atoms. The number of nitrogens with two attached hydrogens (primary N) is 1. The first kappa shape index (κ1) is 14.9. The SMILES string of the molecule is CC(N)c1ccccc1OCc1c(F)ccc(Br)c1F. The molecule has 0 aromatic heterocycles. The monoisotopic (exact) mass is 341 g/mol. The summed E-state index contributed by atoms with van der Waals surface area (Å²) in [4.78, 5) is 0. The van der Waals surface area contributed by atoms with Crippen LogP contribution in [0.3, 0.4) is 0 Å². The fraction of sp³-hybridized carbons (Fsp3) is 0.200. The predicted molar refractivity (Wildman–Crippen MR) is 77.4 cm³/mol. The number of hydrogen-bond acceptors (Lipinski definition) is 2. The summed E-state index contributed by atoms with van der Waals surface area (Å²) >= 11 is 3.03. The van der Waals surface area contributed by atoms with Crippen LogP contribution in [0.4, 0.5) is 8.78 Å². The van der Waals surface area contributed by atoms with E-state index in [9.17, 15) is 8.78 Å². The number of benzene rings is 2. The van der Waals surface area contributed by atoms with Gasteiger partial charge in [-0.1, -0.05) is 18.2 Å². The second-order valence-corrected chi connectivity index (χ2v) is 5.29. The zero-order chi connectivity index (χ0) is 14.7. The van der Waals surface area contributed by atoms with E-state index in [4.69, 9.17) is 10.5 Å². The fourth-order valence-electron chi connectivity index (χ4n) is 1.84. The molecule has 2 aromatic carbocycles. The Kier molecular flexibility index (Phi) is 4.73. The third-order valence-electron chi connectivity index (χ3n) is 2.92. The van der Waals surface area contributed by atoms with Crippen molar-refractivity contribution in [3.63, 3.8) is 0 Å². The number of ether oxygens (including phenoxy) is 1. The van der Waals surface area contributed by atoms with Crippen molar-refractivity contribution >= 4 is 15.9 Å². The maximum atomic E-state index is 13.8. The largest absolute Gasteiger partial charge is 0.488 e. The topological polar surface area (TPSA) is 35.2 Å². The van der Waals surface area contributed by atoms with Crippen molar-refractivity contribution in [1.82, 2.24) is 0 Å². The summed E-state index contributed by atoms with van der Waals surface area (Å²) in [7, 11) is 0. The van der Waals surface area contributed by atoms with E-state index in [0.29, 0.717) is 5.75 Å². The van der Waals surface area contributed by atoms with Crippen LogP contribution in [0.1, 0.15) is 24.1 Å². The normalized spacial score (nSPS) is 12.2. The number of hydrogen-bond donors (Lipinski definition) is 1. The number of rotatable bonds is 4. The van der Waals surface area contributed by atoms with Gasteiger partial charge in [0.05, 0.1) is 10.0 Å². The van der Waals surface area contributed by atoms with Gasteiger partial charge in [-0.25, -0.2) is 8.78 Å². The average molecular weight is 342 g/mol. The number of para-hydroxylation sites is 1. The number of halogens is 3. The zero-order valence-electron chi connectivity index (χ0n) is 10.9. The Labute approximate surface area is 124 Å². The van der Waals surface area contributed by atoms with Crippen LogP contribution < -0.4 is 10.5 Å². The van der Waals surface area contributed by atoms with E-state index >= 15 is 0 Å². The molecule has 0 aliphatic rings. The molecule has 0 aliphatic carbocycles. The van der Waals surface area contributed by atoms with Crippen molar-refractivity contribution in [3.05, 3.63) is 63.6 Å². The van der Waals surface area contributed by atoms with E-state index in [0.717, 1.165) is 5.56 Å². The molecule has 0 saturated carbocycles. The zero-order valence-corrected chi connectivity index (χ0v) is 12.5. The van der Waals surface area contributed by atoms with Gasteiger partial charge in [0.15, 0.2) is 0 Å². The van der Waals surface area contributed by atoms with Gasteiger partial charge in [-0.3, -0.25) is 0 Å². The molecular formula is C15H14BrF2NO. The molecular weight excluding hydrogens is 328 g/mol. The minimum atomic E-state index is -0.650. The molecule has 2 N–H and O–H groups in total. The average Bonchev–Trinajstić information content (AvgIpc) is 2.43. The lowest BCUT2D eigenvalue weighted by atomic mass is 10.1. The van der Waals surface area contributed by atoms with Gasteiger partial charge >= 0.3 is 0 Å². The third-order valence-corrected chi connectivity index (χ3v) is 3.53. The van der Waals surface area contributed by atoms with Gasteiger partial charge < -0.3 is 10.5 Å². The molecule has 1 atom stereocenters. The third kappa shape index (κ3) is 3.16. The quantitative estimate of drug-likeness (QED) is 0.840. The molecule has 0 saturated heterocycles. The maximum absolute atomic E-state index is 13.8. The van der Waals surface area contributed by atoms with Gasteiger partial charge in [-0.15, -0.1) is 0 Å². The summed E-state index contributed by atoms with van der Waals surface area (Å²) in [6, 6.07) is 9.48. The smallest absolute Gasteiger partial charge is 0.146 e. The Morgan fingerprint density at radius 3 is 2.60 bits per heavy atom. The lowest BCUT2D eigenvalue weighted by Gasteiger charge is -2.14. The van der Waals surface area contributed by atoms with Gasteiger partial charge in [0, 0.05) is 11.6 Å². The first-order chi connectivity index (χ1) is 9.50. The van der Waals surface area contributed by atoms with Crippen LogP contribution in [0.25, 0.3) is 0 Å². The van der Waals surface area contributed by atoms with Crippen LogP contribution >= 0.6 is 15.9 Å². The predicted octanol–water partition coefficient (Wildman–Crippen LogP) is 4.33. The molecule has 0 aliphatic heterocycles. The van der Waals surface area contributed by atoms with Crippen LogP contribution in [-0.2, 0) is 6.61 Å². The molecule has 0 spiro atoms. The molecule has 106 valence electrons. The molecule has 0 amide bonds. The van der Waals surface area contributed by atoms with Gasteiger partial charge in [0.2, 0.25) is 0 Å². The van der Waals surface area contributed by atoms with Crippen LogP contribution in [0.15, 0.2) is 40.9 Å². The van der Waals surface area contributed by atoms with Gasteiger partial charge in [-0.05, 0) is 41.1 Å². The summed E-state index contributed by atoms with van der Waals surface area (Å²) in [6.45, 7) is 1.63. The molecule has 0 radical (unpaired) electrons. The van der Waals surface area contributed by atoms with Crippen LogP contribution in [0.5, 0.6) is 5.75 Å². The summed E-state index contributed by atoms with van der Waals surface area (Å²) < 4.78 is 33.2. The van der Waals surface area contributed by atoms with Crippen molar-refractivity contribution < 1.29 is 13.5 Å². The van der Waals surface area contributed by atoms with Crippen LogP contribution in [0, 0.1) is 11.6 Å². The van der Waals surface area contributed by atoms with E-state index < -0.39 is 11.6 Å². The van der Waals surface area contributed by atoms with E-state index in [-0.39, 0.29) is 22.7 Å². The molecule has 2 nitrogen and oxygen atoms in total. The summed E-state index contributed by atoms with van der Waals surface area (Å²) in [5.41, 5.74) is 6.51. The summed E-state index contributed by atoms with van der Waals surface area (Å²) in [6.07, 6.45) is 0. The molecule has 2 rings (SSSR count). The standard InChI is InChI=1S/C15H14BrF2NO/c1-9(19)10-4-2-3-5-14(10)20-8-11-13(17)7-6-12(16)15(11)18/h2-7,9H,8,19H2,1H3. The Bertz CT molecular complexity index is 617. The minimum absolute atomic E-state index is 0.112. The van der Waals surface area contributed by atoms with E-state index in [1.807, 2.05) is 19.1 Å².